The Morgan fingerprint density at radius 1 is 1.52 bits per heavy atom. The number of para-hydroxylation sites is 1. The average Bonchev–Trinajstić information content (AvgIpc) is 2.43. The van der Waals surface area contributed by atoms with Crippen molar-refractivity contribution in [2.75, 3.05) is 13.2 Å². The zero-order valence-electron chi connectivity index (χ0n) is 12.1. The van der Waals surface area contributed by atoms with E-state index in [4.69, 9.17) is 16.3 Å². The Kier molecular flexibility index (Phi) is 6.94. The molecule has 1 aromatic carbocycles. The minimum Gasteiger partial charge on any atom is -0.487 e. The molecule has 0 saturated heterocycles. The van der Waals surface area contributed by atoms with Crippen molar-refractivity contribution in [1.82, 2.24) is 5.32 Å². The topological polar surface area (TPSA) is 81.5 Å². The molecule has 1 aromatic rings. The lowest BCUT2D eigenvalue weighted by molar-refractivity contribution is -0.385. The molecule has 0 radical (unpaired) electrons. The summed E-state index contributed by atoms with van der Waals surface area (Å²) in [4.78, 5) is 22.5. The van der Waals surface area contributed by atoms with Gasteiger partial charge in [-0.05, 0) is 32.8 Å². The first-order valence-electron chi connectivity index (χ1n) is 6.79. The maximum Gasteiger partial charge on any atom is 0.311 e. The molecule has 0 aliphatic carbocycles. The van der Waals surface area contributed by atoms with Gasteiger partial charge in [-0.2, -0.15) is 0 Å². The molecule has 0 saturated carbocycles. The Bertz CT molecular complexity index is 506. The van der Waals surface area contributed by atoms with E-state index in [1.165, 1.54) is 18.2 Å². The van der Waals surface area contributed by atoms with Crippen molar-refractivity contribution < 1.29 is 14.5 Å². The van der Waals surface area contributed by atoms with Crippen LogP contribution in [0.25, 0.3) is 0 Å². The molecule has 0 aromatic heterocycles. The molecule has 0 fully saturated rings. The number of nitro benzene ring substituents is 1. The third-order valence-electron chi connectivity index (χ3n) is 2.79. The van der Waals surface area contributed by atoms with Crippen LogP contribution in [-0.4, -0.2) is 29.4 Å². The zero-order chi connectivity index (χ0) is 15.8. The highest BCUT2D eigenvalue weighted by atomic mass is 35.5. The first-order chi connectivity index (χ1) is 9.97. The number of hydrogen-bond donors (Lipinski definition) is 1. The van der Waals surface area contributed by atoms with Gasteiger partial charge in [0, 0.05) is 18.0 Å². The SMILES string of the molecule is CCOc1c(C(=O)NCCCC(C)Cl)cccc1[N+](=O)[O-]. The summed E-state index contributed by atoms with van der Waals surface area (Å²) >= 11 is 5.82. The monoisotopic (exact) mass is 314 g/mol. The van der Waals surface area contributed by atoms with Gasteiger partial charge < -0.3 is 10.1 Å². The van der Waals surface area contributed by atoms with E-state index in [0.717, 1.165) is 12.8 Å². The van der Waals surface area contributed by atoms with Crippen LogP contribution in [0.4, 0.5) is 5.69 Å². The fourth-order valence-electron chi connectivity index (χ4n) is 1.82. The second-order valence-corrected chi connectivity index (χ2v) is 5.27. The van der Waals surface area contributed by atoms with Gasteiger partial charge in [0.2, 0.25) is 5.75 Å². The number of amides is 1. The van der Waals surface area contributed by atoms with E-state index in [9.17, 15) is 14.9 Å². The van der Waals surface area contributed by atoms with E-state index >= 15 is 0 Å². The van der Waals surface area contributed by atoms with Gasteiger partial charge in [-0.1, -0.05) is 6.07 Å². The standard InChI is InChI=1S/C14H19ClN2O4/c1-3-21-13-11(7-4-8-12(13)17(19)20)14(18)16-9-5-6-10(2)15/h4,7-8,10H,3,5-6,9H2,1-2H3,(H,16,18). The average molecular weight is 315 g/mol. The summed E-state index contributed by atoms with van der Waals surface area (Å²) in [6, 6.07) is 4.30. The fourth-order valence-corrected chi connectivity index (χ4v) is 1.98. The predicted molar refractivity (Wildman–Crippen MR) is 81.1 cm³/mol. The van der Waals surface area contributed by atoms with E-state index in [0.29, 0.717) is 6.54 Å². The number of nitrogens with zero attached hydrogens (tertiary/aromatic N) is 1. The maximum absolute atomic E-state index is 12.1. The lowest BCUT2D eigenvalue weighted by atomic mass is 10.1. The number of ether oxygens (including phenoxy) is 1. The van der Waals surface area contributed by atoms with Crippen molar-refractivity contribution >= 4 is 23.2 Å². The van der Waals surface area contributed by atoms with E-state index in [1.807, 2.05) is 6.92 Å². The van der Waals surface area contributed by atoms with Crippen molar-refractivity contribution in [3.63, 3.8) is 0 Å². The highest BCUT2D eigenvalue weighted by Gasteiger charge is 2.22. The van der Waals surface area contributed by atoms with Crippen molar-refractivity contribution in [3.8, 4) is 5.75 Å². The van der Waals surface area contributed by atoms with Gasteiger partial charge in [0.15, 0.2) is 0 Å². The third-order valence-corrected chi connectivity index (χ3v) is 3.01. The van der Waals surface area contributed by atoms with Crippen LogP contribution in [0.5, 0.6) is 5.75 Å². The summed E-state index contributed by atoms with van der Waals surface area (Å²) < 4.78 is 5.27. The molecule has 0 aliphatic heterocycles. The zero-order valence-corrected chi connectivity index (χ0v) is 12.9. The predicted octanol–water partition coefficient (Wildman–Crippen LogP) is 3.13. The van der Waals surface area contributed by atoms with Crippen molar-refractivity contribution in [3.05, 3.63) is 33.9 Å². The molecule has 1 amide bonds. The second kappa shape index (κ2) is 8.46. The van der Waals surface area contributed by atoms with Crippen LogP contribution in [0, 0.1) is 10.1 Å². The van der Waals surface area contributed by atoms with Crippen LogP contribution in [0.15, 0.2) is 18.2 Å². The lowest BCUT2D eigenvalue weighted by Crippen LogP contribution is -2.25. The van der Waals surface area contributed by atoms with Gasteiger partial charge in [0.1, 0.15) is 0 Å². The van der Waals surface area contributed by atoms with E-state index in [-0.39, 0.29) is 34.9 Å². The molecule has 21 heavy (non-hydrogen) atoms. The number of alkyl halides is 1. The van der Waals surface area contributed by atoms with Gasteiger partial charge in [0.25, 0.3) is 5.91 Å². The van der Waals surface area contributed by atoms with Crippen LogP contribution >= 0.6 is 11.6 Å². The molecule has 6 nitrogen and oxygen atoms in total. The van der Waals surface area contributed by atoms with Crippen LogP contribution in [0.2, 0.25) is 0 Å². The number of rotatable bonds is 8. The van der Waals surface area contributed by atoms with Crippen molar-refractivity contribution in [2.24, 2.45) is 0 Å². The van der Waals surface area contributed by atoms with Crippen LogP contribution in [0.1, 0.15) is 37.0 Å². The van der Waals surface area contributed by atoms with Crippen LogP contribution < -0.4 is 10.1 Å². The smallest absolute Gasteiger partial charge is 0.311 e. The Morgan fingerprint density at radius 2 is 2.24 bits per heavy atom. The number of nitro groups is 1. The fraction of sp³-hybridized carbons (Fsp3) is 0.500. The van der Waals surface area contributed by atoms with Gasteiger partial charge in [0.05, 0.1) is 17.1 Å². The van der Waals surface area contributed by atoms with Gasteiger partial charge >= 0.3 is 5.69 Å². The van der Waals surface area contributed by atoms with Crippen molar-refractivity contribution in [1.29, 1.82) is 0 Å². The molecule has 1 N–H and O–H groups in total. The molecule has 0 spiro atoms. The quantitative estimate of drug-likeness (QED) is 0.346. The van der Waals surface area contributed by atoms with Crippen molar-refractivity contribution in [2.45, 2.75) is 32.1 Å². The van der Waals surface area contributed by atoms with Gasteiger partial charge in [-0.25, -0.2) is 0 Å². The molecule has 1 rings (SSSR count). The number of carbonyl (C=O) groups excluding carboxylic acids is 1. The highest BCUT2D eigenvalue weighted by Crippen LogP contribution is 2.30. The molecule has 1 unspecified atom stereocenters. The summed E-state index contributed by atoms with van der Waals surface area (Å²) in [5.74, 6) is -0.377. The maximum atomic E-state index is 12.1. The van der Waals surface area contributed by atoms with Crippen LogP contribution in [0.3, 0.4) is 0 Å². The summed E-state index contributed by atoms with van der Waals surface area (Å²) in [6.45, 7) is 4.30. The van der Waals surface area contributed by atoms with Gasteiger partial charge in [-0.3, -0.25) is 14.9 Å². The number of hydrogen-bond acceptors (Lipinski definition) is 4. The Labute approximate surface area is 128 Å². The largest absolute Gasteiger partial charge is 0.487 e. The van der Waals surface area contributed by atoms with Crippen LogP contribution in [-0.2, 0) is 0 Å². The van der Waals surface area contributed by atoms with E-state index < -0.39 is 4.92 Å². The molecule has 7 heteroatoms. The molecular weight excluding hydrogens is 296 g/mol. The minimum absolute atomic E-state index is 0.00760. The molecule has 0 heterocycles. The number of nitrogens with one attached hydrogen (secondary N) is 1. The number of benzene rings is 1. The first-order valence-corrected chi connectivity index (χ1v) is 7.23. The second-order valence-electron chi connectivity index (χ2n) is 4.52. The summed E-state index contributed by atoms with van der Waals surface area (Å²) in [6.07, 6.45) is 1.53. The molecule has 0 bridgehead atoms. The van der Waals surface area contributed by atoms with E-state index in [2.05, 4.69) is 5.32 Å². The highest BCUT2D eigenvalue weighted by molar-refractivity contribution is 6.20. The first kappa shape index (κ1) is 17.2. The number of halogens is 1. The van der Waals surface area contributed by atoms with Gasteiger partial charge in [-0.15, -0.1) is 11.6 Å². The minimum atomic E-state index is -0.559. The summed E-state index contributed by atoms with van der Waals surface area (Å²) in [5.41, 5.74) is -0.0381. The third kappa shape index (κ3) is 5.23. The Morgan fingerprint density at radius 3 is 2.81 bits per heavy atom. The molecular formula is C14H19ClN2O4. The normalized spacial score (nSPS) is 11.8. The molecule has 116 valence electrons. The van der Waals surface area contributed by atoms with E-state index in [1.54, 1.807) is 6.92 Å². The Balaban J connectivity index is 2.83. The summed E-state index contributed by atoms with van der Waals surface area (Å²) in [5, 5.41) is 13.8. The lowest BCUT2D eigenvalue weighted by Gasteiger charge is -2.11. The molecule has 0 aliphatic rings. The molecule has 1 atom stereocenters. The number of carbonyl (C=O) groups is 1. The summed E-state index contributed by atoms with van der Waals surface area (Å²) in [7, 11) is 0. The Hall–Kier alpha value is -1.82.